The van der Waals surface area contributed by atoms with Crippen molar-refractivity contribution in [2.24, 2.45) is 0 Å². The largest absolute Gasteiger partial charge is 0.337 e. The minimum Gasteiger partial charge on any atom is -0.337 e. The zero-order chi connectivity index (χ0) is 16.2. The predicted molar refractivity (Wildman–Crippen MR) is 81.0 cm³/mol. The molecule has 0 radical (unpaired) electrons. The van der Waals surface area contributed by atoms with E-state index in [1.54, 1.807) is 24.0 Å². The number of piperidine rings is 1. The summed E-state index contributed by atoms with van der Waals surface area (Å²) in [5.74, 6) is 0.763. The number of amides is 2. The van der Waals surface area contributed by atoms with Crippen molar-refractivity contribution >= 4 is 6.03 Å². The molecule has 1 aromatic carbocycles. The van der Waals surface area contributed by atoms with E-state index < -0.39 is 0 Å². The fourth-order valence-electron chi connectivity index (χ4n) is 2.76. The monoisotopic (exact) mass is 318 g/mol. The molecule has 23 heavy (non-hydrogen) atoms. The number of likely N-dealkylation sites (tertiary alicyclic amines) is 1. The number of nitrogens with one attached hydrogen (secondary N) is 1. The van der Waals surface area contributed by atoms with Gasteiger partial charge < -0.3 is 14.7 Å². The van der Waals surface area contributed by atoms with Gasteiger partial charge in [0.05, 0.1) is 0 Å². The van der Waals surface area contributed by atoms with Crippen LogP contribution in [0.15, 0.2) is 28.8 Å². The Morgan fingerprint density at radius 3 is 2.87 bits per heavy atom. The average molecular weight is 318 g/mol. The summed E-state index contributed by atoms with van der Waals surface area (Å²) >= 11 is 0. The molecule has 122 valence electrons. The van der Waals surface area contributed by atoms with Crippen LogP contribution in [-0.2, 0) is 6.54 Å². The molecule has 2 amide bonds. The van der Waals surface area contributed by atoms with Crippen molar-refractivity contribution in [1.82, 2.24) is 20.4 Å². The maximum atomic E-state index is 12.9. The highest BCUT2D eigenvalue weighted by Crippen LogP contribution is 2.29. The smallest absolute Gasteiger partial charge is 0.318 e. The normalized spacial score (nSPS) is 18.0. The Morgan fingerprint density at radius 2 is 2.17 bits per heavy atom. The molecule has 1 aromatic heterocycles. The molecule has 1 N–H and O–H groups in total. The Kier molecular flexibility index (Phi) is 4.55. The number of nitrogens with zero attached hydrogens (tertiary/aromatic N) is 3. The molecule has 1 aliphatic heterocycles. The van der Waals surface area contributed by atoms with Gasteiger partial charge in [-0.2, -0.15) is 4.98 Å². The van der Waals surface area contributed by atoms with Gasteiger partial charge in [-0.25, -0.2) is 9.18 Å². The minimum absolute atomic E-state index is 0.171. The Bertz CT molecular complexity index is 671. The van der Waals surface area contributed by atoms with Crippen LogP contribution in [0.25, 0.3) is 0 Å². The van der Waals surface area contributed by atoms with Crippen molar-refractivity contribution in [3.05, 3.63) is 47.4 Å². The molecule has 1 fully saturated rings. The molecule has 1 saturated heterocycles. The molecule has 0 bridgehead atoms. The lowest BCUT2D eigenvalue weighted by Crippen LogP contribution is -2.44. The number of hydrogen-bond donors (Lipinski definition) is 1. The van der Waals surface area contributed by atoms with Crippen molar-refractivity contribution in [3.8, 4) is 0 Å². The molecule has 0 aliphatic carbocycles. The number of aromatic nitrogens is 2. The maximum Gasteiger partial charge on any atom is 0.318 e. The standard InChI is InChI=1S/C16H19FN4O2/c1-11-19-15(23-20-11)14-4-2-3-9-21(14)16(22)18-10-12-5-7-13(17)8-6-12/h5-8,14H,2-4,9-10H2,1H3,(H,18,22)/t14-/m1/s1. The number of hydrogen-bond acceptors (Lipinski definition) is 4. The van der Waals surface area contributed by atoms with Gasteiger partial charge in [-0.3, -0.25) is 0 Å². The van der Waals surface area contributed by atoms with Gasteiger partial charge in [0.1, 0.15) is 11.9 Å². The highest BCUT2D eigenvalue weighted by atomic mass is 19.1. The van der Waals surface area contributed by atoms with Crippen molar-refractivity contribution in [1.29, 1.82) is 0 Å². The first-order valence-corrected chi connectivity index (χ1v) is 7.72. The summed E-state index contributed by atoms with van der Waals surface area (Å²) in [6, 6.07) is 5.72. The summed E-state index contributed by atoms with van der Waals surface area (Å²) in [6.07, 6.45) is 2.78. The van der Waals surface area contributed by atoms with E-state index in [4.69, 9.17) is 4.52 Å². The van der Waals surface area contributed by atoms with Gasteiger partial charge in [-0.05, 0) is 43.9 Å². The lowest BCUT2D eigenvalue weighted by atomic mass is 10.0. The molecule has 1 atom stereocenters. The maximum absolute atomic E-state index is 12.9. The van der Waals surface area contributed by atoms with Gasteiger partial charge in [0.25, 0.3) is 0 Å². The van der Waals surface area contributed by atoms with E-state index in [2.05, 4.69) is 15.5 Å². The van der Waals surface area contributed by atoms with Crippen molar-refractivity contribution in [2.45, 2.75) is 38.8 Å². The molecule has 3 rings (SSSR count). The van der Waals surface area contributed by atoms with E-state index in [1.165, 1.54) is 12.1 Å². The molecule has 2 aromatic rings. The van der Waals surface area contributed by atoms with E-state index in [9.17, 15) is 9.18 Å². The first-order chi connectivity index (χ1) is 11.1. The van der Waals surface area contributed by atoms with Crippen LogP contribution < -0.4 is 5.32 Å². The van der Waals surface area contributed by atoms with Crippen molar-refractivity contribution < 1.29 is 13.7 Å². The van der Waals surface area contributed by atoms with Crippen LogP contribution in [0.4, 0.5) is 9.18 Å². The lowest BCUT2D eigenvalue weighted by Gasteiger charge is -2.33. The van der Waals surface area contributed by atoms with E-state index >= 15 is 0 Å². The van der Waals surface area contributed by atoms with Gasteiger partial charge in [0, 0.05) is 13.1 Å². The van der Waals surface area contributed by atoms with E-state index in [0.29, 0.717) is 24.8 Å². The second kappa shape index (κ2) is 6.76. The van der Waals surface area contributed by atoms with Gasteiger partial charge >= 0.3 is 6.03 Å². The van der Waals surface area contributed by atoms with Crippen LogP contribution in [0.2, 0.25) is 0 Å². The molecule has 0 saturated carbocycles. The highest BCUT2D eigenvalue weighted by Gasteiger charge is 2.31. The number of aryl methyl sites for hydroxylation is 1. The zero-order valence-corrected chi connectivity index (χ0v) is 13.0. The summed E-state index contributed by atoms with van der Waals surface area (Å²) in [5.41, 5.74) is 0.849. The number of rotatable bonds is 3. The SMILES string of the molecule is Cc1noc([C@H]2CCCCN2C(=O)NCc2ccc(F)cc2)n1. The third kappa shape index (κ3) is 3.67. The number of urea groups is 1. The molecular weight excluding hydrogens is 299 g/mol. The lowest BCUT2D eigenvalue weighted by molar-refractivity contribution is 0.131. The summed E-state index contributed by atoms with van der Waals surface area (Å²) in [6.45, 7) is 2.77. The topological polar surface area (TPSA) is 71.3 Å². The Morgan fingerprint density at radius 1 is 1.39 bits per heavy atom. The minimum atomic E-state index is -0.289. The second-order valence-corrected chi connectivity index (χ2v) is 5.67. The number of benzene rings is 1. The summed E-state index contributed by atoms with van der Waals surface area (Å²) in [5, 5.41) is 6.68. The van der Waals surface area contributed by atoms with Crippen LogP contribution in [0.5, 0.6) is 0 Å². The number of carbonyl (C=O) groups is 1. The Labute approximate surface area is 133 Å². The van der Waals surface area contributed by atoms with Crippen LogP contribution >= 0.6 is 0 Å². The van der Waals surface area contributed by atoms with Crippen LogP contribution in [-0.4, -0.2) is 27.6 Å². The molecule has 7 heteroatoms. The molecule has 2 heterocycles. The van der Waals surface area contributed by atoms with Crippen molar-refractivity contribution in [3.63, 3.8) is 0 Å². The third-order valence-electron chi connectivity index (χ3n) is 3.95. The van der Waals surface area contributed by atoms with E-state index in [1.807, 2.05) is 0 Å². The van der Waals surface area contributed by atoms with E-state index in [-0.39, 0.29) is 17.9 Å². The molecule has 0 unspecified atom stereocenters. The number of halogens is 1. The fraction of sp³-hybridized carbons (Fsp3) is 0.438. The first-order valence-electron chi connectivity index (χ1n) is 7.72. The predicted octanol–water partition coefficient (Wildman–Crippen LogP) is 2.95. The zero-order valence-electron chi connectivity index (χ0n) is 13.0. The van der Waals surface area contributed by atoms with E-state index in [0.717, 1.165) is 24.8 Å². The van der Waals surface area contributed by atoms with Gasteiger partial charge in [0.15, 0.2) is 5.82 Å². The Balaban J connectivity index is 1.65. The quantitative estimate of drug-likeness (QED) is 0.944. The first kappa shape index (κ1) is 15.5. The summed E-state index contributed by atoms with van der Waals surface area (Å²) in [4.78, 5) is 18.5. The van der Waals surface area contributed by atoms with Crippen LogP contribution in [0, 0.1) is 12.7 Å². The fourth-order valence-corrected chi connectivity index (χ4v) is 2.76. The van der Waals surface area contributed by atoms with Crippen molar-refractivity contribution in [2.75, 3.05) is 6.54 Å². The second-order valence-electron chi connectivity index (χ2n) is 5.67. The van der Waals surface area contributed by atoms with Crippen LogP contribution in [0.3, 0.4) is 0 Å². The van der Waals surface area contributed by atoms with Gasteiger partial charge in [-0.1, -0.05) is 17.3 Å². The molecule has 1 aliphatic rings. The summed E-state index contributed by atoms with van der Waals surface area (Å²) < 4.78 is 18.1. The third-order valence-corrected chi connectivity index (χ3v) is 3.95. The average Bonchev–Trinajstić information content (AvgIpc) is 3.00. The highest BCUT2D eigenvalue weighted by molar-refractivity contribution is 5.74. The molecular formula is C16H19FN4O2. The summed E-state index contributed by atoms with van der Waals surface area (Å²) in [7, 11) is 0. The number of carbonyl (C=O) groups excluding carboxylic acids is 1. The molecule has 6 nitrogen and oxygen atoms in total. The van der Waals surface area contributed by atoms with Gasteiger partial charge in [0.2, 0.25) is 5.89 Å². The molecule has 0 spiro atoms. The van der Waals surface area contributed by atoms with Gasteiger partial charge in [-0.15, -0.1) is 0 Å². The Hall–Kier alpha value is -2.44. The van der Waals surface area contributed by atoms with Crippen LogP contribution in [0.1, 0.15) is 42.6 Å².